The highest BCUT2D eigenvalue weighted by molar-refractivity contribution is 6.19. The highest BCUT2D eigenvalue weighted by atomic mass is 16.2. The van der Waals surface area contributed by atoms with Crippen LogP contribution in [0.25, 0.3) is 0 Å². The Labute approximate surface area is 116 Å². The number of carbonyl (C=O) groups excluding carboxylic acids is 2. The van der Waals surface area contributed by atoms with Gasteiger partial charge in [-0.25, -0.2) is 4.90 Å². The normalized spacial score (nSPS) is 15.2. The van der Waals surface area contributed by atoms with Crippen molar-refractivity contribution in [2.45, 2.75) is 26.3 Å². The molecule has 0 spiro atoms. The average Bonchev–Trinajstić information content (AvgIpc) is 3.00. The molecule has 0 unspecified atom stereocenters. The van der Waals surface area contributed by atoms with Gasteiger partial charge < -0.3 is 0 Å². The predicted octanol–water partition coefficient (Wildman–Crippen LogP) is 1.89. The number of carbonyl (C=O) groups is 2. The number of hydrogen-bond donors (Lipinski definition) is 0. The fourth-order valence-corrected chi connectivity index (χ4v) is 2.38. The number of hydrogen-bond acceptors (Lipinski definition) is 3. The lowest BCUT2D eigenvalue weighted by Crippen LogP contribution is -2.28. The van der Waals surface area contributed by atoms with Gasteiger partial charge in [0, 0.05) is 19.0 Å². The largest absolute Gasteiger partial charge is 0.274 e. The SMILES string of the molecule is Cc1ccccc1Cn1cc(N2C(=O)CCC2=O)cn1. The Morgan fingerprint density at radius 3 is 2.55 bits per heavy atom. The Hall–Kier alpha value is -2.43. The van der Waals surface area contributed by atoms with E-state index in [9.17, 15) is 9.59 Å². The molecule has 2 aromatic rings. The van der Waals surface area contributed by atoms with Crippen molar-refractivity contribution in [1.29, 1.82) is 0 Å². The number of amides is 2. The summed E-state index contributed by atoms with van der Waals surface area (Å²) >= 11 is 0. The van der Waals surface area contributed by atoms with Crippen LogP contribution in [0.2, 0.25) is 0 Å². The lowest BCUT2D eigenvalue weighted by Gasteiger charge is -2.10. The van der Waals surface area contributed by atoms with E-state index in [1.807, 2.05) is 31.2 Å². The van der Waals surface area contributed by atoms with Gasteiger partial charge in [-0.05, 0) is 18.1 Å². The minimum Gasteiger partial charge on any atom is -0.274 e. The maximum absolute atomic E-state index is 11.7. The molecule has 0 saturated carbocycles. The minimum absolute atomic E-state index is 0.148. The second kappa shape index (κ2) is 4.92. The van der Waals surface area contributed by atoms with Crippen molar-refractivity contribution in [2.24, 2.45) is 0 Å². The first-order valence-electron chi connectivity index (χ1n) is 6.58. The molecule has 2 amide bonds. The molecule has 0 atom stereocenters. The first kappa shape index (κ1) is 12.6. The van der Waals surface area contributed by atoms with Crippen LogP contribution in [0.4, 0.5) is 5.69 Å². The van der Waals surface area contributed by atoms with Gasteiger partial charge in [0.05, 0.1) is 18.4 Å². The molecular formula is C15H15N3O2. The summed E-state index contributed by atoms with van der Waals surface area (Å²) in [5.74, 6) is -0.295. The van der Waals surface area contributed by atoms with Crippen LogP contribution in [0.5, 0.6) is 0 Å². The number of anilines is 1. The molecule has 0 aliphatic carbocycles. The zero-order valence-electron chi connectivity index (χ0n) is 11.2. The van der Waals surface area contributed by atoms with Gasteiger partial charge >= 0.3 is 0 Å². The van der Waals surface area contributed by atoms with Crippen molar-refractivity contribution in [3.63, 3.8) is 0 Å². The number of aromatic nitrogens is 2. The third-order valence-corrected chi connectivity index (χ3v) is 3.52. The topological polar surface area (TPSA) is 55.2 Å². The van der Waals surface area contributed by atoms with Crippen molar-refractivity contribution >= 4 is 17.5 Å². The summed E-state index contributed by atoms with van der Waals surface area (Å²) < 4.78 is 1.75. The summed E-state index contributed by atoms with van der Waals surface area (Å²) in [6, 6.07) is 8.07. The molecule has 2 heterocycles. The molecule has 3 rings (SSSR count). The van der Waals surface area contributed by atoms with E-state index in [0.29, 0.717) is 25.1 Å². The van der Waals surface area contributed by atoms with E-state index in [2.05, 4.69) is 5.10 Å². The maximum Gasteiger partial charge on any atom is 0.234 e. The molecule has 5 heteroatoms. The first-order valence-corrected chi connectivity index (χ1v) is 6.58. The summed E-state index contributed by atoms with van der Waals surface area (Å²) in [6.45, 7) is 2.68. The summed E-state index contributed by atoms with van der Waals surface area (Å²) in [5, 5.41) is 4.24. The summed E-state index contributed by atoms with van der Waals surface area (Å²) in [5.41, 5.74) is 2.92. The molecular weight excluding hydrogens is 254 g/mol. The molecule has 1 aliphatic rings. The molecule has 1 aromatic heterocycles. The molecule has 102 valence electrons. The van der Waals surface area contributed by atoms with Crippen LogP contribution >= 0.6 is 0 Å². The quantitative estimate of drug-likeness (QED) is 0.800. The number of benzene rings is 1. The first-order chi connectivity index (χ1) is 9.65. The Kier molecular flexibility index (Phi) is 3.10. The van der Waals surface area contributed by atoms with Gasteiger partial charge in [0.15, 0.2) is 0 Å². The Balaban J connectivity index is 1.82. The highest BCUT2D eigenvalue weighted by Crippen LogP contribution is 2.22. The summed E-state index contributed by atoms with van der Waals surface area (Å²) in [6.07, 6.45) is 3.90. The summed E-state index contributed by atoms with van der Waals surface area (Å²) in [7, 11) is 0. The molecule has 1 fully saturated rings. The van der Waals surface area contributed by atoms with Crippen LogP contribution in [0.15, 0.2) is 36.7 Å². The fourth-order valence-electron chi connectivity index (χ4n) is 2.38. The maximum atomic E-state index is 11.7. The van der Waals surface area contributed by atoms with Crippen LogP contribution < -0.4 is 4.90 Å². The molecule has 0 radical (unpaired) electrons. The molecule has 5 nitrogen and oxygen atoms in total. The van der Waals surface area contributed by atoms with Crippen molar-refractivity contribution in [1.82, 2.24) is 9.78 Å². The van der Waals surface area contributed by atoms with Gasteiger partial charge in [0.2, 0.25) is 11.8 Å². The Morgan fingerprint density at radius 1 is 1.15 bits per heavy atom. The zero-order valence-corrected chi connectivity index (χ0v) is 11.2. The number of nitrogens with zero attached hydrogens (tertiary/aromatic N) is 3. The lowest BCUT2D eigenvalue weighted by atomic mass is 10.1. The number of rotatable bonds is 3. The molecule has 0 bridgehead atoms. The minimum atomic E-state index is -0.148. The van der Waals surface area contributed by atoms with Gasteiger partial charge in [-0.3, -0.25) is 14.3 Å². The predicted molar refractivity (Wildman–Crippen MR) is 74.2 cm³/mol. The molecule has 1 aliphatic heterocycles. The van der Waals surface area contributed by atoms with Gasteiger partial charge in [-0.2, -0.15) is 5.10 Å². The third kappa shape index (κ3) is 2.22. The van der Waals surface area contributed by atoms with Crippen molar-refractivity contribution < 1.29 is 9.59 Å². The van der Waals surface area contributed by atoms with Crippen molar-refractivity contribution in [3.8, 4) is 0 Å². The van der Waals surface area contributed by atoms with E-state index in [-0.39, 0.29) is 11.8 Å². The average molecular weight is 269 g/mol. The van der Waals surface area contributed by atoms with Crippen LogP contribution in [0, 0.1) is 6.92 Å². The van der Waals surface area contributed by atoms with Crippen LogP contribution in [0.1, 0.15) is 24.0 Å². The summed E-state index contributed by atoms with van der Waals surface area (Å²) in [4.78, 5) is 24.6. The van der Waals surface area contributed by atoms with E-state index in [1.54, 1.807) is 17.1 Å². The zero-order chi connectivity index (χ0) is 14.1. The van der Waals surface area contributed by atoms with Crippen LogP contribution in [-0.4, -0.2) is 21.6 Å². The lowest BCUT2D eigenvalue weighted by molar-refractivity contribution is -0.121. The molecule has 1 saturated heterocycles. The number of aryl methyl sites for hydroxylation is 1. The smallest absolute Gasteiger partial charge is 0.234 e. The second-order valence-corrected chi connectivity index (χ2v) is 4.95. The monoisotopic (exact) mass is 269 g/mol. The van der Waals surface area contributed by atoms with Crippen LogP contribution in [0.3, 0.4) is 0 Å². The Bertz CT molecular complexity index is 659. The van der Waals surface area contributed by atoms with Crippen LogP contribution in [-0.2, 0) is 16.1 Å². The van der Waals surface area contributed by atoms with Crippen molar-refractivity contribution in [2.75, 3.05) is 4.90 Å². The van der Waals surface area contributed by atoms with E-state index >= 15 is 0 Å². The standard InChI is InChI=1S/C15H15N3O2/c1-11-4-2-3-5-12(11)9-17-10-13(8-16-17)18-14(19)6-7-15(18)20/h2-5,8,10H,6-7,9H2,1H3. The van der Waals surface area contributed by atoms with Gasteiger partial charge in [-0.15, -0.1) is 0 Å². The molecule has 1 aromatic carbocycles. The van der Waals surface area contributed by atoms with E-state index in [4.69, 9.17) is 0 Å². The van der Waals surface area contributed by atoms with Gasteiger partial charge in [0.25, 0.3) is 0 Å². The fraction of sp³-hybridized carbons (Fsp3) is 0.267. The van der Waals surface area contributed by atoms with Gasteiger partial charge in [-0.1, -0.05) is 24.3 Å². The van der Waals surface area contributed by atoms with Gasteiger partial charge in [0.1, 0.15) is 0 Å². The Morgan fingerprint density at radius 2 is 1.85 bits per heavy atom. The van der Waals surface area contributed by atoms with Crippen molar-refractivity contribution in [3.05, 3.63) is 47.8 Å². The highest BCUT2D eigenvalue weighted by Gasteiger charge is 2.31. The second-order valence-electron chi connectivity index (χ2n) is 4.95. The molecule has 0 N–H and O–H groups in total. The third-order valence-electron chi connectivity index (χ3n) is 3.52. The van der Waals surface area contributed by atoms with E-state index < -0.39 is 0 Å². The van der Waals surface area contributed by atoms with E-state index in [0.717, 1.165) is 0 Å². The van der Waals surface area contributed by atoms with E-state index in [1.165, 1.54) is 16.0 Å². The molecule has 20 heavy (non-hydrogen) atoms. The number of imide groups is 1.